The molecule has 0 saturated carbocycles. The number of carbonyl (C=O) groups is 2. The van der Waals surface area contributed by atoms with Crippen molar-refractivity contribution in [1.29, 1.82) is 0 Å². The molecule has 0 aromatic heterocycles. The SMILES string of the molecule is COc1ccc(N2C(=O)C(=O)/C(=C(/O)c3ccccc3)C2c2ccccc2)cc1. The first-order chi connectivity index (χ1) is 14.1. The molecule has 0 spiro atoms. The van der Waals surface area contributed by atoms with Crippen LogP contribution in [0.25, 0.3) is 5.76 Å². The Kier molecular flexibility index (Phi) is 4.87. The number of aliphatic hydroxyl groups is 1. The molecule has 29 heavy (non-hydrogen) atoms. The lowest BCUT2D eigenvalue weighted by Crippen LogP contribution is -2.29. The molecule has 1 amide bonds. The van der Waals surface area contributed by atoms with Crippen molar-refractivity contribution in [2.75, 3.05) is 12.0 Å². The van der Waals surface area contributed by atoms with Crippen LogP contribution in [0.1, 0.15) is 17.2 Å². The lowest BCUT2D eigenvalue weighted by Gasteiger charge is -2.25. The smallest absolute Gasteiger partial charge is 0.300 e. The Morgan fingerprint density at radius 2 is 1.45 bits per heavy atom. The van der Waals surface area contributed by atoms with Crippen LogP contribution in [-0.2, 0) is 9.59 Å². The van der Waals surface area contributed by atoms with Crippen molar-refractivity contribution < 1.29 is 19.4 Å². The van der Waals surface area contributed by atoms with Gasteiger partial charge in [-0.3, -0.25) is 14.5 Å². The zero-order valence-electron chi connectivity index (χ0n) is 15.8. The summed E-state index contributed by atoms with van der Waals surface area (Å²) >= 11 is 0. The van der Waals surface area contributed by atoms with Gasteiger partial charge in [0.15, 0.2) is 0 Å². The zero-order chi connectivity index (χ0) is 20.4. The predicted octanol–water partition coefficient (Wildman–Crippen LogP) is 4.32. The van der Waals surface area contributed by atoms with Gasteiger partial charge < -0.3 is 9.84 Å². The van der Waals surface area contributed by atoms with E-state index in [2.05, 4.69) is 0 Å². The molecule has 0 bridgehead atoms. The number of Topliss-reactive ketones (excluding diaryl/α,β-unsaturated/α-hetero) is 1. The molecule has 144 valence electrons. The number of benzene rings is 3. The molecule has 1 atom stereocenters. The summed E-state index contributed by atoms with van der Waals surface area (Å²) in [7, 11) is 1.56. The monoisotopic (exact) mass is 385 g/mol. The average Bonchev–Trinajstić information content (AvgIpc) is 3.05. The van der Waals surface area contributed by atoms with Gasteiger partial charge in [-0.1, -0.05) is 60.7 Å². The lowest BCUT2D eigenvalue weighted by atomic mass is 9.95. The van der Waals surface area contributed by atoms with Crippen molar-refractivity contribution in [3.05, 3.63) is 102 Å². The minimum Gasteiger partial charge on any atom is -0.507 e. The summed E-state index contributed by atoms with van der Waals surface area (Å²) in [6.45, 7) is 0. The topological polar surface area (TPSA) is 66.8 Å². The number of anilines is 1. The largest absolute Gasteiger partial charge is 0.507 e. The van der Waals surface area contributed by atoms with E-state index in [-0.39, 0.29) is 11.3 Å². The van der Waals surface area contributed by atoms with Crippen LogP contribution in [-0.4, -0.2) is 23.9 Å². The third kappa shape index (κ3) is 3.27. The van der Waals surface area contributed by atoms with Crippen LogP contribution in [0.15, 0.2) is 90.5 Å². The average molecular weight is 385 g/mol. The number of aliphatic hydroxyl groups excluding tert-OH is 1. The van der Waals surface area contributed by atoms with E-state index in [1.807, 2.05) is 36.4 Å². The van der Waals surface area contributed by atoms with Crippen LogP contribution in [0, 0.1) is 0 Å². The number of carbonyl (C=O) groups excluding carboxylic acids is 2. The summed E-state index contributed by atoms with van der Waals surface area (Å²) in [6.07, 6.45) is 0. The summed E-state index contributed by atoms with van der Waals surface area (Å²) in [4.78, 5) is 27.4. The van der Waals surface area contributed by atoms with Crippen LogP contribution >= 0.6 is 0 Å². The van der Waals surface area contributed by atoms with Gasteiger partial charge in [-0.2, -0.15) is 0 Å². The molecule has 1 saturated heterocycles. The predicted molar refractivity (Wildman–Crippen MR) is 111 cm³/mol. The van der Waals surface area contributed by atoms with Gasteiger partial charge >= 0.3 is 0 Å². The van der Waals surface area contributed by atoms with E-state index in [0.29, 0.717) is 17.0 Å². The Morgan fingerprint density at radius 1 is 0.862 bits per heavy atom. The van der Waals surface area contributed by atoms with E-state index >= 15 is 0 Å². The van der Waals surface area contributed by atoms with Crippen molar-refractivity contribution in [1.82, 2.24) is 0 Å². The molecule has 1 aliphatic rings. The van der Waals surface area contributed by atoms with E-state index in [4.69, 9.17) is 4.74 Å². The van der Waals surface area contributed by atoms with E-state index in [1.54, 1.807) is 55.6 Å². The van der Waals surface area contributed by atoms with Crippen molar-refractivity contribution in [3.63, 3.8) is 0 Å². The Balaban J connectivity index is 1.91. The quantitative estimate of drug-likeness (QED) is 0.413. The second-order valence-corrected chi connectivity index (χ2v) is 6.64. The summed E-state index contributed by atoms with van der Waals surface area (Å²) < 4.78 is 5.19. The van der Waals surface area contributed by atoms with Gasteiger partial charge in [0.05, 0.1) is 18.7 Å². The third-order valence-electron chi connectivity index (χ3n) is 4.96. The van der Waals surface area contributed by atoms with Crippen LogP contribution in [0.4, 0.5) is 5.69 Å². The highest BCUT2D eigenvalue weighted by atomic mass is 16.5. The Bertz CT molecular complexity index is 1070. The van der Waals surface area contributed by atoms with Gasteiger partial charge in [0.2, 0.25) is 0 Å². The number of ether oxygens (including phenoxy) is 1. The van der Waals surface area contributed by atoms with Crippen LogP contribution in [0.3, 0.4) is 0 Å². The molecule has 3 aromatic rings. The maximum atomic E-state index is 13.0. The Hall–Kier alpha value is -3.86. The maximum absolute atomic E-state index is 13.0. The van der Waals surface area contributed by atoms with E-state index in [0.717, 1.165) is 5.56 Å². The molecule has 1 aliphatic heterocycles. The summed E-state index contributed by atoms with van der Waals surface area (Å²) in [5, 5.41) is 10.9. The highest BCUT2D eigenvalue weighted by molar-refractivity contribution is 6.51. The number of hydrogen-bond donors (Lipinski definition) is 1. The first kappa shape index (κ1) is 18.5. The molecule has 5 heteroatoms. The highest BCUT2D eigenvalue weighted by Gasteiger charge is 2.46. The normalized spacial score (nSPS) is 18.1. The third-order valence-corrected chi connectivity index (χ3v) is 4.96. The van der Waals surface area contributed by atoms with Gasteiger partial charge in [0.25, 0.3) is 11.7 Å². The Labute approximate surface area is 168 Å². The Morgan fingerprint density at radius 3 is 2.03 bits per heavy atom. The summed E-state index contributed by atoms with van der Waals surface area (Å²) in [5.74, 6) is -0.933. The number of methoxy groups -OCH3 is 1. The van der Waals surface area contributed by atoms with Gasteiger partial charge in [0, 0.05) is 11.3 Å². The highest BCUT2D eigenvalue weighted by Crippen LogP contribution is 2.42. The van der Waals surface area contributed by atoms with Gasteiger partial charge in [-0.05, 0) is 29.8 Å². The molecule has 3 aromatic carbocycles. The number of ketones is 1. The first-order valence-corrected chi connectivity index (χ1v) is 9.17. The molecule has 4 rings (SSSR count). The molecule has 1 fully saturated rings. The fourth-order valence-corrected chi connectivity index (χ4v) is 3.54. The molecule has 0 aliphatic carbocycles. The fraction of sp³-hybridized carbons (Fsp3) is 0.0833. The standard InChI is InChI=1S/C24H19NO4/c1-29-19-14-12-18(13-15-19)25-21(16-8-4-2-5-9-16)20(23(27)24(25)28)22(26)17-10-6-3-7-11-17/h2-15,21,26H,1H3/b22-20+. The number of rotatable bonds is 4. The van der Waals surface area contributed by atoms with Crippen LogP contribution < -0.4 is 9.64 Å². The molecular formula is C24H19NO4. The molecule has 0 radical (unpaired) electrons. The van der Waals surface area contributed by atoms with Crippen molar-refractivity contribution in [3.8, 4) is 5.75 Å². The van der Waals surface area contributed by atoms with Gasteiger partial charge in [-0.25, -0.2) is 0 Å². The van der Waals surface area contributed by atoms with Crippen molar-refractivity contribution in [2.24, 2.45) is 0 Å². The van der Waals surface area contributed by atoms with E-state index < -0.39 is 17.7 Å². The zero-order valence-corrected chi connectivity index (χ0v) is 15.8. The van der Waals surface area contributed by atoms with Crippen LogP contribution in [0.5, 0.6) is 5.75 Å². The number of hydrogen-bond acceptors (Lipinski definition) is 4. The molecule has 1 unspecified atom stereocenters. The number of nitrogens with zero attached hydrogens (tertiary/aromatic N) is 1. The fourth-order valence-electron chi connectivity index (χ4n) is 3.54. The molecule has 1 heterocycles. The minimum absolute atomic E-state index is 0.0724. The minimum atomic E-state index is -0.732. The number of amides is 1. The van der Waals surface area contributed by atoms with Crippen LogP contribution in [0.2, 0.25) is 0 Å². The van der Waals surface area contributed by atoms with Gasteiger partial charge in [0.1, 0.15) is 11.5 Å². The lowest BCUT2D eigenvalue weighted by molar-refractivity contribution is -0.132. The first-order valence-electron chi connectivity index (χ1n) is 9.17. The summed E-state index contributed by atoms with van der Waals surface area (Å²) in [6, 6.07) is 24.2. The summed E-state index contributed by atoms with van der Waals surface area (Å²) in [5.41, 5.74) is 1.85. The van der Waals surface area contributed by atoms with Crippen molar-refractivity contribution in [2.45, 2.75) is 6.04 Å². The van der Waals surface area contributed by atoms with Gasteiger partial charge in [-0.15, -0.1) is 0 Å². The molecule has 1 N–H and O–H groups in total. The van der Waals surface area contributed by atoms with E-state index in [9.17, 15) is 14.7 Å². The molecule has 5 nitrogen and oxygen atoms in total. The van der Waals surface area contributed by atoms with E-state index in [1.165, 1.54) is 4.90 Å². The maximum Gasteiger partial charge on any atom is 0.300 e. The van der Waals surface area contributed by atoms with Crippen molar-refractivity contribution >= 4 is 23.1 Å². The second kappa shape index (κ2) is 7.64. The second-order valence-electron chi connectivity index (χ2n) is 6.64. The molecular weight excluding hydrogens is 366 g/mol.